The molecule has 0 spiro atoms. The number of nitrogens with one attached hydrogen (secondary N) is 1. The van der Waals surface area contributed by atoms with Gasteiger partial charge in [-0.05, 0) is 31.7 Å². The number of hydrogen-bond donors (Lipinski definition) is 1. The molecule has 1 atom stereocenters. The van der Waals surface area contributed by atoms with Crippen molar-refractivity contribution in [2.24, 2.45) is 0 Å². The SMILES string of the molecule is CNC(c1ccc(OC)nn1)c1cc2cccc(C)c2o1. The fraction of sp³-hybridized carbons (Fsp3) is 0.250. The van der Waals surface area contributed by atoms with Gasteiger partial charge in [-0.1, -0.05) is 18.2 Å². The van der Waals surface area contributed by atoms with E-state index in [2.05, 4.69) is 15.5 Å². The number of rotatable bonds is 4. The highest BCUT2D eigenvalue weighted by Crippen LogP contribution is 2.29. The summed E-state index contributed by atoms with van der Waals surface area (Å²) in [5.74, 6) is 1.32. The number of aromatic nitrogens is 2. The zero-order chi connectivity index (χ0) is 14.8. The molecule has 108 valence electrons. The Morgan fingerprint density at radius 3 is 2.67 bits per heavy atom. The van der Waals surface area contributed by atoms with Crippen molar-refractivity contribution in [1.82, 2.24) is 15.5 Å². The first-order valence-electron chi connectivity index (χ1n) is 6.77. The molecule has 0 bridgehead atoms. The Hall–Kier alpha value is -2.40. The summed E-state index contributed by atoms with van der Waals surface area (Å²) in [6.07, 6.45) is 0. The molecule has 0 aliphatic heterocycles. The van der Waals surface area contributed by atoms with Crippen LogP contribution in [0.15, 0.2) is 40.8 Å². The van der Waals surface area contributed by atoms with Crippen molar-refractivity contribution in [3.63, 3.8) is 0 Å². The van der Waals surface area contributed by atoms with E-state index >= 15 is 0 Å². The number of furan rings is 1. The highest BCUT2D eigenvalue weighted by atomic mass is 16.5. The number of hydrogen-bond acceptors (Lipinski definition) is 5. The molecule has 0 saturated heterocycles. The summed E-state index contributed by atoms with van der Waals surface area (Å²) in [7, 11) is 3.44. The summed E-state index contributed by atoms with van der Waals surface area (Å²) in [6, 6.07) is 11.7. The van der Waals surface area contributed by atoms with E-state index < -0.39 is 0 Å². The maximum Gasteiger partial charge on any atom is 0.233 e. The Morgan fingerprint density at radius 2 is 2.05 bits per heavy atom. The molecule has 1 aromatic carbocycles. The maximum atomic E-state index is 6.00. The van der Waals surface area contributed by atoms with Gasteiger partial charge >= 0.3 is 0 Å². The van der Waals surface area contributed by atoms with E-state index in [9.17, 15) is 0 Å². The average molecular weight is 283 g/mol. The molecule has 2 aromatic heterocycles. The minimum atomic E-state index is -0.143. The van der Waals surface area contributed by atoms with E-state index in [0.717, 1.165) is 28.0 Å². The van der Waals surface area contributed by atoms with E-state index in [1.165, 1.54) is 0 Å². The second kappa shape index (κ2) is 5.54. The lowest BCUT2D eigenvalue weighted by Crippen LogP contribution is -2.18. The molecule has 1 N–H and O–H groups in total. The fourth-order valence-corrected chi connectivity index (χ4v) is 2.40. The van der Waals surface area contributed by atoms with Crippen molar-refractivity contribution in [1.29, 1.82) is 0 Å². The molecular weight excluding hydrogens is 266 g/mol. The lowest BCUT2D eigenvalue weighted by Gasteiger charge is -2.12. The van der Waals surface area contributed by atoms with Gasteiger partial charge in [-0.25, -0.2) is 0 Å². The van der Waals surface area contributed by atoms with Crippen molar-refractivity contribution in [2.45, 2.75) is 13.0 Å². The molecule has 2 heterocycles. The molecular formula is C16H17N3O2. The van der Waals surface area contributed by atoms with Crippen molar-refractivity contribution in [3.8, 4) is 5.88 Å². The highest BCUT2D eigenvalue weighted by molar-refractivity contribution is 5.81. The van der Waals surface area contributed by atoms with Crippen LogP contribution < -0.4 is 10.1 Å². The van der Waals surface area contributed by atoms with Crippen LogP contribution in [0.4, 0.5) is 0 Å². The first kappa shape index (κ1) is 13.6. The smallest absolute Gasteiger partial charge is 0.233 e. The minimum Gasteiger partial charge on any atom is -0.480 e. The van der Waals surface area contributed by atoms with Crippen LogP contribution in [-0.4, -0.2) is 24.4 Å². The minimum absolute atomic E-state index is 0.143. The lowest BCUT2D eigenvalue weighted by atomic mass is 10.1. The van der Waals surface area contributed by atoms with Crippen LogP contribution in [0.25, 0.3) is 11.0 Å². The number of methoxy groups -OCH3 is 1. The summed E-state index contributed by atoms with van der Waals surface area (Å²) in [6.45, 7) is 2.04. The van der Waals surface area contributed by atoms with Crippen LogP contribution in [0, 0.1) is 6.92 Å². The topological polar surface area (TPSA) is 60.2 Å². The van der Waals surface area contributed by atoms with Gasteiger partial charge in [0.05, 0.1) is 12.8 Å². The van der Waals surface area contributed by atoms with E-state index in [0.29, 0.717) is 5.88 Å². The van der Waals surface area contributed by atoms with Gasteiger partial charge in [0, 0.05) is 11.5 Å². The van der Waals surface area contributed by atoms with Crippen LogP contribution in [-0.2, 0) is 0 Å². The van der Waals surface area contributed by atoms with Crippen LogP contribution in [0.5, 0.6) is 5.88 Å². The van der Waals surface area contributed by atoms with Gasteiger partial charge in [-0.3, -0.25) is 0 Å². The van der Waals surface area contributed by atoms with Crippen LogP contribution in [0.1, 0.15) is 23.1 Å². The van der Waals surface area contributed by atoms with Gasteiger partial charge in [-0.15, -0.1) is 10.2 Å². The normalized spacial score (nSPS) is 12.5. The third-order valence-electron chi connectivity index (χ3n) is 3.50. The van der Waals surface area contributed by atoms with Crippen molar-refractivity contribution in [2.75, 3.05) is 14.2 Å². The monoisotopic (exact) mass is 283 g/mol. The highest BCUT2D eigenvalue weighted by Gasteiger charge is 2.19. The number of fused-ring (bicyclic) bond motifs is 1. The average Bonchev–Trinajstić information content (AvgIpc) is 2.94. The quantitative estimate of drug-likeness (QED) is 0.797. The number of ether oxygens (including phenoxy) is 1. The molecule has 0 fully saturated rings. The summed E-state index contributed by atoms with van der Waals surface area (Å²) < 4.78 is 11.0. The summed E-state index contributed by atoms with van der Waals surface area (Å²) >= 11 is 0. The van der Waals surface area contributed by atoms with Gasteiger partial charge in [0.25, 0.3) is 0 Å². The third kappa shape index (κ3) is 2.48. The molecule has 0 amide bonds. The fourth-order valence-electron chi connectivity index (χ4n) is 2.40. The van der Waals surface area contributed by atoms with E-state index in [4.69, 9.17) is 9.15 Å². The lowest BCUT2D eigenvalue weighted by molar-refractivity contribution is 0.389. The maximum absolute atomic E-state index is 6.00. The molecule has 0 saturated carbocycles. The van der Waals surface area contributed by atoms with Gasteiger partial charge in [0.15, 0.2) is 0 Å². The Balaban J connectivity index is 2.02. The summed E-state index contributed by atoms with van der Waals surface area (Å²) in [5, 5.41) is 12.5. The molecule has 0 aliphatic rings. The Bertz CT molecular complexity index is 750. The molecule has 3 rings (SSSR count). The molecule has 21 heavy (non-hydrogen) atoms. The molecule has 3 aromatic rings. The third-order valence-corrected chi connectivity index (χ3v) is 3.50. The number of benzene rings is 1. The van der Waals surface area contributed by atoms with Crippen LogP contribution in [0.2, 0.25) is 0 Å². The van der Waals surface area contributed by atoms with Crippen LogP contribution >= 0.6 is 0 Å². The zero-order valence-corrected chi connectivity index (χ0v) is 12.3. The van der Waals surface area contributed by atoms with Gasteiger partial charge in [0.2, 0.25) is 5.88 Å². The van der Waals surface area contributed by atoms with Crippen LogP contribution in [0.3, 0.4) is 0 Å². The summed E-state index contributed by atoms with van der Waals surface area (Å²) in [4.78, 5) is 0. The second-order valence-electron chi connectivity index (χ2n) is 4.86. The van der Waals surface area contributed by atoms with Gasteiger partial charge in [-0.2, -0.15) is 0 Å². The van der Waals surface area contributed by atoms with Crippen molar-refractivity contribution < 1.29 is 9.15 Å². The number of para-hydroxylation sites is 1. The summed E-state index contributed by atoms with van der Waals surface area (Å²) in [5.41, 5.74) is 2.82. The van der Waals surface area contributed by atoms with Gasteiger partial charge < -0.3 is 14.5 Å². The predicted octanol–water partition coefficient (Wildman–Crippen LogP) is 2.85. The molecule has 1 unspecified atom stereocenters. The Labute approximate surface area is 122 Å². The zero-order valence-electron chi connectivity index (χ0n) is 12.3. The second-order valence-corrected chi connectivity index (χ2v) is 4.86. The first-order valence-corrected chi connectivity index (χ1v) is 6.77. The van der Waals surface area contributed by atoms with Crippen molar-refractivity contribution in [3.05, 3.63) is 53.4 Å². The first-order chi connectivity index (χ1) is 10.2. The number of aryl methyl sites for hydroxylation is 1. The molecule has 5 heteroatoms. The predicted molar refractivity (Wildman–Crippen MR) is 80.4 cm³/mol. The molecule has 0 aliphatic carbocycles. The largest absolute Gasteiger partial charge is 0.480 e. The molecule has 0 radical (unpaired) electrons. The van der Waals surface area contributed by atoms with Crippen molar-refractivity contribution >= 4 is 11.0 Å². The molecule has 5 nitrogen and oxygen atoms in total. The Morgan fingerprint density at radius 1 is 1.19 bits per heavy atom. The standard InChI is InChI=1S/C16H17N3O2/c1-10-5-4-6-11-9-13(21-16(10)11)15(17-2)12-7-8-14(20-3)19-18-12/h4-9,15,17H,1-3H3. The number of nitrogens with zero attached hydrogens (tertiary/aromatic N) is 2. The van der Waals surface area contributed by atoms with E-state index in [1.807, 2.05) is 44.3 Å². The van der Waals surface area contributed by atoms with E-state index in [-0.39, 0.29) is 6.04 Å². The van der Waals surface area contributed by atoms with E-state index in [1.54, 1.807) is 13.2 Å². The van der Waals surface area contributed by atoms with Gasteiger partial charge in [0.1, 0.15) is 17.4 Å². The Kier molecular flexibility index (Phi) is 3.58.